The van der Waals surface area contributed by atoms with E-state index in [1.54, 1.807) is 0 Å². The number of ether oxygens (including phenoxy) is 1. The normalized spacial score (nSPS) is 18.2. The molecule has 0 heterocycles. The van der Waals surface area contributed by atoms with Gasteiger partial charge in [-0.2, -0.15) is 0 Å². The number of aliphatic hydroxyl groups excluding tert-OH is 1. The zero-order chi connectivity index (χ0) is 11.1. The summed E-state index contributed by atoms with van der Waals surface area (Å²) in [5.74, 6) is 0. The minimum Gasteiger partial charge on any atom is -0.389 e. The molecule has 0 rings (SSSR count). The van der Waals surface area contributed by atoms with E-state index < -0.39 is 6.10 Å². The van der Waals surface area contributed by atoms with E-state index in [0.717, 1.165) is 0 Å². The lowest BCUT2D eigenvalue weighted by molar-refractivity contribution is 0.00544. The molecule has 4 heteroatoms. The molecule has 86 valence electrons. The highest BCUT2D eigenvalue weighted by Gasteiger charge is 2.10. The average molecular weight is 204 g/mol. The zero-order valence-electron chi connectivity index (χ0n) is 9.66. The molecule has 3 unspecified atom stereocenters. The summed E-state index contributed by atoms with van der Waals surface area (Å²) in [6.07, 6.45) is -0.297. The fourth-order valence-corrected chi connectivity index (χ4v) is 0.870. The SMILES string of the molecule is CC(C)OCC(O)CNC(C)C(C)N. The van der Waals surface area contributed by atoms with Gasteiger partial charge in [-0.15, -0.1) is 0 Å². The largest absolute Gasteiger partial charge is 0.389 e. The van der Waals surface area contributed by atoms with Crippen molar-refractivity contribution in [2.45, 2.75) is 52.0 Å². The molecule has 0 aromatic carbocycles. The first-order chi connectivity index (χ1) is 6.43. The van der Waals surface area contributed by atoms with Crippen molar-refractivity contribution in [1.82, 2.24) is 5.32 Å². The predicted molar refractivity (Wildman–Crippen MR) is 58.2 cm³/mol. The van der Waals surface area contributed by atoms with Crippen LogP contribution in [0.15, 0.2) is 0 Å². The van der Waals surface area contributed by atoms with E-state index in [4.69, 9.17) is 10.5 Å². The standard InChI is InChI=1S/C10H24N2O2/c1-7(2)14-6-10(13)5-12-9(4)8(3)11/h7-10,12-13H,5-6,11H2,1-4H3. The van der Waals surface area contributed by atoms with Crippen LogP contribution in [0.25, 0.3) is 0 Å². The van der Waals surface area contributed by atoms with Crippen molar-refractivity contribution in [3.05, 3.63) is 0 Å². The molecular weight excluding hydrogens is 180 g/mol. The molecular formula is C10H24N2O2. The molecule has 4 N–H and O–H groups in total. The van der Waals surface area contributed by atoms with Gasteiger partial charge < -0.3 is 20.9 Å². The molecule has 0 fully saturated rings. The quantitative estimate of drug-likeness (QED) is 0.550. The van der Waals surface area contributed by atoms with Crippen LogP contribution in [0, 0.1) is 0 Å². The Kier molecular flexibility index (Phi) is 7.09. The summed E-state index contributed by atoms with van der Waals surface area (Å²) in [7, 11) is 0. The molecule has 0 aromatic rings. The molecule has 0 bridgehead atoms. The van der Waals surface area contributed by atoms with Gasteiger partial charge in [0.25, 0.3) is 0 Å². The highest BCUT2D eigenvalue weighted by Crippen LogP contribution is 1.93. The molecule has 4 nitrogen and oxygen atoms in total. The van der Waals surface area contributed by atoms with Crippen LogP contribution >= 0.6 is 0 Å². The van der Waals surface area contributed by atoms with Gasteiger partial charge in [0.05, 0.1) is 18.8 Å². The predicted octanol–water partition coefficient (Wildman–Crippen LogP) is 0.0976. The lowest BCUT2D eigenvalue weighted by Crippen LogP contribution is -2.44. The van der Waals surface area contributed by atoms with E-state index >= 15 is 0 Å². The third-order valence-corrected chi connectivity index (χ3v) is 2.09. The first kappa shape index (κ1) is 13.8. The monoisotopic (exact) mass is 204 g/mol. The van der Waals surface area contributed by atoms with Gasteiger partial charge in [0, 0.05) is 18.6 Å². The van der Waals surface area contributed by atoms with Crippen molar-refractivity contribution >= 4 is 0 Å². The summed E-state index contributed by atoms with van der Waals surface area (Å²) in [6.45, 7) is 8.73. The van der Waals surface area contributed by atoms with Gasteiger partial charge in [-0.05, 0) is 27.7 Å². The Morgan fingerprint density at radius 3 is 2.29 bits per heavy atom. The van der Waals surface area contributed by atoms with Crippen LogP contribution in [0.1, 0.15) is 27.7 Å². The zero-order valence-corrected chi connectivity index (χ0v) is 9.66. The van der Waals surface area contributed by atoms with E-state index in [1.807, 2.05) is 27.7 Å². The second-order valence-corrected chi connectivity index (χ2v) is 4.09. The summed E-state index contributed by atoms with van der Waals surface area (Å²) < 4.78 is 5.28. The van der Waals surface area contributed by atoms with Crippen LogP contribution in [0.2, 0.25) is 0 Å². The average Bonchev–Trinajstić information content (AvgIpc) is 2.10. The lowest BCUT2D eigenvalue weighted by Gasteiger charge is -2.20. The van der Waals surface area contributed by atoms with E-state index in [1.165, 1.54) is 0 Å². The van der Waals surface area contributed by atoms with E-state index in [9.17, 15) is 5.11 Å². The maximum atomic E-state index is 9.50. The molecule has 3 atom stereocenters. The molecule has 0 saturated heterocycles. The third-order valence-electron chi connectivity index (χ3n) is 2.09. The third kappa shape index (κ3) is 7.26. The Morgan fingerprint density at radius 2 is 1.86 bits per heavy atom. The smallest absolute Gasteiger partial charge is 0.0897 e. The first-order valence-electron chi connectivity index (χ1n) is 5.22. The molecule has 0 saturated carbocycles. The van der Waals surface area contributed by atoms with Crippen molar-refractivity contribution < 1.29 is 9.84 Å². The second kappa shape index (κ2) is 7.17. The van der Waals surface area contributed by atoms with Crippen LogP contribution in [-0.2, 0) is 4.74 Å². The molecule has 0 aliphatic heterocycles. The van der Waals surface area contributed by atoms with Crippen molar-refractivity contribution in [1.29, 1.82) is 0 Å². The molecule has 14 heavy (non-hydrogen) atoms. The van der Waals surface area contributed by atoms with E-state index in [2.05, 4.69) is 5.32 Å². The summed E-state index contributed by atoms with van der Waals surface area (Å²) >= 11 is 0. The Balaban J connectivity index is 3.48. The van der Waals surface area contributed by atoms with Gasteiger partial charge in [-0.1, -0.05) is 0 Å². The number of aliphatic hydroxyl groups is 1. The van der Waals surface area contributed by atoms with Gasteiger partial charge >= 0.3 is 0 Å². The number of hydrogen-bond donors (Lipinski definition) is 3. The second-order valence-electron chi connectivity index (χ2n) is 4.09. The van der Waals surface area contributed by atoms with Gasteiger partial charge in [-0.25, -0.2) is 0 Å². The summed E-state index contributed by atoms with van der Waals surface area (Å²) in [4.78, 5) is 0. The topological polar surface area (TPSA) is 67.5 Å². The maximum absolute atomic E-state index is 9.50. The van der Waals surface area contributed by atoms with Crippen molar-refractivity contribution in [2.75, 3.05) is 13.2 Å². The number of hydrogen-bond acceptors (Lipinski definition) is 4. The summed E-state index contributed by atoms with van der Waals surface area (Å²) in [5, 5.41) is 12.7. The first-order valence-corrected chi connectivity index (χ1v) is 5.22. The van der Waals surface area contributed by atoms with Crippen LogP contribution < -0.4 is 11.1 Å². The minimum absolute atomic E-state index is 0.0909. The highest BCUT2D eigenvalue weighted by molar-refractivity contribution is 4.72. The molecule has 0 radical (unpaired) electrons. The molecule has 0 aliphatic carbocycles. The number of nitrogens with one attached hydrogen (secondary N) is 1. The van der Waals surface area contributed by atoms with Crippen molar-refractivity contribution in [3.8, 4) is 0 Å². The Morgan fingerprint density at radius 1 is 1.29 bits per heavy atom. The molecule has 0 aliphatic rings. The van der Waals surface area contributed by atoms with Gasteiger partial charge in [0.15, 0.2) is 0 Å². The number of nitrogens with two attached hydrogens (primary N) is 1. The van der Waals surface area contributed by atoms with Gasteiger partial charge in [0.2, 0.25) is 0 Å². The molecule has 0 amide bonds. The molecule has 0 spiro atoms. The Hall–Kier alpha value is -0.160. The molecule has 0 aromatic heterocycles. The minimum atomic E-state index is -0.460. The van der Waals surface area contributed by atoms with Crippen LogP contribution in [-0.4, -0.2) is 42.5 Å². The van der Waals surface area contributed by atoms with Crippen LogP contribution in [0.4, 0.5) is 0 Å². The maximum Gasteiger partial charge on any atom is 0.0897 e. The number of rotatable bonds is 7. The fraction of sp³-hybridized carbons (Fsp3) is 1.00. The summed E-state index contributed by atoms with van der Waals surface area (Å²) in [5.41, 5.74) is 5.67. The van der Waals surface area contributed by atoms with Crippen LogP contribution in [0.5, 0.6) is 0 Å². The van der Waals surface area contributed by atoms with Crippen molar-refractivity contribution in [3.63, 3.8) is 0 Å². The van der Waals surface area contributed by atoms with E-state index in [0.29, 0.717) is 13.2 Å². The Bertz CT molecular complexity index is 140. The van der Waals surface area contributed by atoms with Gasteiger partial charge in [0.1, 0.15) is 0 Å². The van der Waals surface area contributed by atoms with Crippen molar-refractivity contribution in [2.24, 2.45) is 5.73 Å². The summed E-state index contributed by atoms with van der Waals surface area (Å²) in [6, 6.07) is 0.303. The Labute approximate surface area is 86.8 Å². The van der Waals surface area contributed by atoms with Gasteiger partial charge in [-0.3, -0.25) is 0 Å². The lowest BCUT2D eigenvalue weighted by atomic mass is 10.2. The fourth-order valence-electron chi connectivity index (χ4n) is 0.870. The highest BCUT2D eigenvalue weighted by atomic mass is 16.5. The van der Waals surface area contributed by atoms with E-state index in [-0.39, 0.29) is 18.2 Å². The van der Waals surface area contributed by atoms with Crippen LogP contribution in [0.3, 0.4) is 0 Å².